The molecule has 0 saturated carbocycles. The van der Waals surface area contributed by atoms with Gasteiger partial charge in [0, 0.05) is 23.7 Å². The Labute approximate surface area is 211 Å². The summed E-state index contributed by atoms with van der Waals surface area (Å²) in [6.45, 7) is 6.33. The van der Waals surface area contributed by atoms with E-state index in [-0.39, 0.29) is 29.8 Å². The lowest BCUT2D eigenvalue weighted by molar-refractivity contribution is -0.142. The molecule has 2 aliphatic heterocycles. The number of benzene rings is 2. The number of allylic oxidation sites excluding steroid dienone is 3. The fourth-order valence-electron chi connectivity index (χ4n) is 5.43. The molecule has 2 N–H and O–H groups in total. The molecule has 186 valence electrons. The van der Waals surface area contributed by atoms with E-state index in [4.69, 9.17) is 0 Å². The number of hydrogen-bond acceptors (Lipinski definition) is 4. The van der Waals surface area contributed by atoms with Crippen molar-refractivity contribution in [3.8, 4) is 0 Å². The summed E-state index contributed by atoms with van der Waals surface area (Å²) in [7, 11) is 0. The summed E-state index contributed by atoms with van der Waals surface area (Å²) in [5, 5.41) is 5.10. The molecule has 1 saturated heterocycles. The molecule has 0 aromatic heterocycles. The molecule has 2 aromatic carbocycles. The normalized spacial score (nSPS) is 23.9. The Balaban J connectivity index is 1.58. The van der Waals surface area contributed by atoms with Crippen molar-refractivity contribution >= 4 is 11.8 Å². The molecule has 36 heavy (non-hydrogen) atoms. The smallest absolute Gasteiger partial charge is 0.251 e. The number of carbonyl (C=O) groups excluding carboxylic acids is 2. The topological polar surface area (TPSA) is 64.7 Å². The number of fused-ring (bicyclic) bond motifs is 1. The number of likely N-dealkylation sites (N-methyl/N-ethyl adjacent to an activating group) is 1. The highest BCUT2D eigenvalue weighted by Gasteiger charge is 2.51. The number of hydrazine groups is 1. The second kappa shape index (κ2) is 9.66. The van der Waals surface area contributed by atoms with E-state index in [2.05, 4.69) is 27.9 Å². The van der Waals surface area contributed by atoms with E-state index in [0.717, 1.165) is 22.4 Å². The zero-order valence-corrected chi connectivity index (χ0v) is 20.6. The summed E-state index contributed by atoms with van der Waals surface area (Å²) >= 11 is 0. The Bertz CT molecular complexity index is 1250. The molecule has 1 aliphatic carbocycles. The molecule has 2 aromatic rings. The summed E-state index contributed by atoms with van der Waals surface area (Å²) < 4.78 is 13.9. The molecule has 7 heteroatoms. The van der Waals surface area contributed by atoms with Crippen LogP contribution in [0.15, 0.2) is 84.1 Å². The van der Waals surface area contributed by atoms with Crippen molar-refractivity contribution in [3.63, 3.8) is 0 Å². The van der Waals surface area contributed by atoms with Gasteiger partial charge in [0.2, 0.25) is 5.91 Å². The van der Waals surface area contributed by atoms with Gasteiger partial charge in [-0.1, -0.05) is 29.8 Å². The Kier molecular flexibility index (Phi) is 6.41. The molecular formula is C29H30FN4O2-. The maximum atomic E-state index is 14.0. The molecular weight excluding hydrogens is 455 g/mol. The molecule has 3 atom stereocenters. The summed E-state index contributed by atoms with van der Waals surface area (Å²) in [6.07, 6.45) is 9.74. The van der Waals surface area contributed by atoms with Crippen LogP contribution < -0.4 is 10.7 Å². The van der Waals surface area contributed by atoms with Crippen LogP contribution in [0.5, 0.6) is 0 Å². The van der Waals surface area contributed by atoms with E-state index >= 15 is 0 Å². The van der Waals surface area contributed by atoms with Crippen LogP contribution >= 0.6 is 0 Å². The van der Waals surface area contributed by atoms with Crippen LogP contribution in [-0.4, -0.2) is 46.5 Å². The van der Waals surface area contributed by atoms with Gasteiger partial charge in [-0.2, -0.15) is 30.7 Å². The number of rotatable bonds is 5. The number of carbonyl (C=O) groups is 2. The highest BCUT2D eigenvalue weighted by molar-refractivity contribution is 5.99. The highest BCUT2D eigenvalue weighted by Crippen LogP contribution is 2.43. The minimum atomic E-state index is -0.836. The number of nitrogens with one attached hydrogen (secondary N) is 2. The molecule has 0 bridgehead atoms. The number of aryl methyl sites for hydroxylation is 1. The van der Waals surface area contributed by atoms with Gasteiger partial charge in [-0.05, 0) is 62.2 Å². The van der Waals surface area contributed by atoms with Crippen molar-refractivity contribution in [3.05, 3.63) is 113 Å². The van der Waals surface area contributed by atoms with Crippen LogP contribution in [0.4, 0.5) is 4.39 Å². The minimum Gasteiger partial charge on any atom is -0.339 e. The molecule has 3 aliphatic rings. The van der Waals surface area contributed by atoms with Gasteiger partial charge in [0.05, 0.1) is 0 Å². The molecule has 5 rings (SSSR count). The monoisotopic (exact) mass is 485 g/mol. The third-order valence-corrected chi connectivity index (χ3v) is 7.08. The SMILES string of the molecule is CCN1C(=O)[C@@H](NC(=O)c2cccc(C)c2)[C@@H](c2ccc(F)cc2)C2=C(C)NN(C3C=C[CH-]C=C3)[C@@H]21. The van der Waals surface area contributed by atoms with E-state index in [1.54, 1.807) is 29.2 Å². The molecule has 2 amide bonds. The number of likely N-dealkylation sites (tertiary alicyclic amines) is 1. The number of nitrogens with zero attached hydrogens (tertiary/aromatic N) is 2. The Hall–Kier alpha value is -3.84. The number of amides is 2. The first-order valence-electron chi connectivity index (χ1n) is 12.3. The van der Waals surface area contributed by atoms with Crippen LogP contribution in [0.2, 0.25) is 0 Å². The number of hydrogen-bond donors (Lipinski definition) is 2. The lowest BCUT2D eigenvalue weighted by Crippen LogP contribution is -2.64. The quantitative estimate of drug-likeness (QED) is 0.629. The number of halogens is 1. The predicted octanol–water partition coefficient (Wildman–Crippen LogP) is 4.00. The molecule has 6 nitrogen and oxygen atoms in total. The molecule has 0 spiro atoms. The fourth-order valence-corrected chi connectivity index (χ4v) is 5.43. The third-order valence-electron chi connectivity index (χ3n) is 7.08. The maximum absolute atomic E-state index is 14.0. The van der Waals surface area contributed by atoms with Gasteiger partial charge in [0.15, 0.2) is 0 Å². The van der Waals surface area contributed by atoms with E-state index in [1.165, 1.54) is 12.1 Å². The van der Waals surface area contributed by atoms with Gasteiger partial charge < -0.3 is 15.6 Å². The Morgan fingerprint density at radius 2 is 1.83 bits per heavy atom. The maximum Gasteiger partial charge on any atom is 0.251 e. The van der Waals surface area contributed by atoms with Crippen LogP contribution in [0.3, 0.4) is 0 Å². The average Bonchev–Trinajstić information content (AvgIpc) is 3.22. The van der Waals surface area contributed by atoms with Crippen LogP contribution in [0.25, 0.3) is 0 Å². The van der Waals surface area contributed by atoms with Gasteiger partial charge in [-0.25, -0.2) is 9.40 Å². The van der Waals surface area contributed by atoms with Crippen molar-refractivity contribution < 1.29 is 14.0 Å². The summed E-state index contributed by atoms with van der Waals surface area (Å²) in [6, 6.07) is 12.6. The highest BCUT2D eigenvalue weighted by atomic mass is 19.1. The molecule has 0 radical (unpaired) electrons. The summed E-state index contributed by atoms with van der Waals surface area (Å²) in [5.74, 6) is -1.29. The van der Waals surface area contributed by atoms with Gasteiger partial charge in [-0.3, -0.25) is 9.59 Å². The minimum absolute atomic E-state index is 0.0541. The van der Waals surface area contributed by atoms with Gasteiger partial charge in [-0.15, -0.1) is 0 Å². The first-order chi connectivity index (χ1) is 17.4. The van der Waals surface area contributed by atoms with Gasteiger partial charge in [0.1, 0.15) is 18.0 Å². The lowest BCUT2D eigenvalue weighted by atomic mass is 9.78. The fraction of sp³-hybridized carbons (Fsp3) is 0.276. The van der Waals surface area contributed by atoms with Crippen LogP contribution in [-0.2, 0) is 4.79 Å². The Morgan fingerprint density at radius 1 is 1.11 bits per heavy atom. The second-order valence-electron chi connectivity index (χ2n) is 9.40. The van der Waals surface area contributed by atoms with Crippen molar-refractivity contribution in [1.82, 2.24) is 20.7 Å². The van der Waals surface area contributed by atoms with Crippen molar-refractivity contribution in [2.75, 3.05) is 6.54 Å². The first-order valence-corrected chi connectivity index (χ1v) is 12.3. The molecule has 0 unspecified atom stereocenters. The van der Waals surface area contributed by atoms with Crippen molar-refractivity contribution in [2.45, 2.75) is 44.9 Å². The van der Waals surface area contributed by atoms with Gasteiger partial charge in [0.25, 0.3) is 5.91 Å². The standard InChI is InChI=1S/C29H30FN4O2/c1-4-33-28-24(19(3)32-34(28)23-11-6-5-7-12-23)25(20-13-15-22(30)16-14-20)26(29(33)36)31-27(35)21-10-8-9-18(2)17-21/h5-17,23,25-26,28,32H,4H2,1-3H3,(H,31,35)/q-1/t25-,26-,28-/m0/s1. The predicted molar refractivity (Wildman–Crippen MR) is 137 cm³/mol. The average molecular weight is 486 g/mol. The van der Waals surface area contributed by atoms with Gasteiger partial charge >= 0.3 is 0 Å². The van der Waals surface area contributed by atoms with E-state index in [1.807, 2.05) is 51.5 Å². The van der Waals surface area contributed by atoms with E-state index in [0.29, 0.717) is 12.1 Å². The van der Waals surface area contributed by atoms with Crippen LogP contribution in [0.1, 0.15) is 41.3 Å². The van der Waals surface area contributed by atoms with E-state index < -0.39 is 12.0 Å². The Morgan fingerprint density at radius 3 is 2.50 bits per heavy atom. The van der Waals surface area contributed by atoms with Crippen molar-refractivity contribution in [2.24, 2.45) is 0 Å². The van der Waals surface area contributed by atoms with Crippen LogP contribution in [0, 0.1) is 19.2 Å². The van der Waals surface area contributed by atoms with E-state index in [9.17, 15) is 14.0 Å². The summed E-state index contributed by atoms with van der Waals surface area (Å²) in [4.78, 5) is 29.2. The molecule has 2 heterocycles. The largest absolute Gasteiger partial charge is 0.339 e. The number of piperidine rings is 1. The lowest BCUT2D eigenvalue weighted by Gasteiger charge is -2.48. The first kappa shape index (κ1) is 23.9. The second-order valence-corrected chi connectivity index (χ2v) is 9.40. The van der Waals surface area contributed by atoms with Crippen molar-refractivity contribution in [1.29, 1.82) is 0 Å². The zero-order chi connectivity index (χ0) is 25.4. The third kappa shape index (κ3) is 4.20. The zero-order valence-electron chi connectivity index (χ0n) is 20.6. The summed E-state index contributed by atoms with van der Waals surface area (Å²) in [5.41, 5.74) is 7.64. The molecule has 1 fully saturated rings.